The van der Waals surface area contributed by atoms with Crippen LogP contribution in [0.1, 0.15) is 40.4 Å². The van der Waals surface area contributed by atoms with E-state index in [2.05, 4.69) is 27.1 Å². The fraction of sp³-hybridized carbons (Fsp3) is 0.160. The summed E-state index contributed by atoms with van der Waals surface area (Å²) in [4.78, 5) is 4.04. The highest BCUT2D eigenvalue weighted by Crippen LogP contribution is 2.30. The third-order valence-corrected chi connectivity index (χ3v) is 5.38. The van der Waals surface area contributed by atoms with Crippen LogP contribution in [0.3, 0.4) is 0 Å². The minimum absolute atomic E-state index is 0.0196. The van der Waals surface area contributed by atoms with E-state index in [1.165, 1.54) is 12.1 Å². The summed E-state index contributed by atoms with van der Waals surface area (Å²) in [5.74, 6) is 3.47. The molecular formula is C25H18F2N4O. The van der Waals surface area contributed by atoms with Gasteiger partial charge in [-0.1, -0.05) is 41.3 Å². The highest BCUT2D eigenvalue weighted by atomic mass is 19.3. The predicted molar refractivity (Wildman–Crippen MR) is 117 cm³/mol. The maximum Gasteiger partial charge on any atom is 0.270 e. The van der Waals surface area contributed by atoms with Gasteiger partial charge in [-0.25, -0.2) is 18.3 Å². The molecule has 0 saturated heterocycles. The molecular weight excluding hydrogens is 410 g/mol. The number of hydrogen-bond acceptors (Lipinski definition) is 4. The first kappa shape index (κ1) is 19.9. The monoisotopic (exact) mass is 428 g/mol. The lowest BCUT2D eigenvalue weighted by molar-refractivity contribution is 0.0174. The van der Waals surface area contributed by atoms with Crippen LogP contribution in [0.4, 0.5) is 8.78 Å². The number of aryl methyl sites for hydroxylation is 1. The van der Waals surface area contributed by atoms with Crippen molar-refractivity contribution in [1.82, 2.24) is 19.8 Å². The van der Waals surface area contributed by atoms with E-state index in [1.807, 2.05) is 31.2 Å². The molecule has 0 aliphatic rings. The van der Waals surface area contributed by atoms with Crippen LogP contribution < -0.4 is 0 Å². The van der Waals surface area contributed by atoms with Crippen LogP contribution >= 0.6 is 0 Å². The second-order valence-corrected chi connectivity index (χ2v) is 7.75. The minimum atomic E-state index is -2.89. The first-order valence-electron chi connectivity index (χ1n) is 10.0. The largest absolute Gasteiger partial charge is 0.355 e. The first-order valence-corrected chi connectivity index (χ1v) is 10.0. The lowest BCUT2D eigenvalue weighted by atomic mass is 10.00. The summed E-state index contributed by atoms with van der Waals surface area (Å²) >= 11 is 0. The lowest BCUT2D eigenvalue weighted by Crippen LogP contribution is -2.07. The van der Waals surface area contributed by atoms with Gasteiger partial charge in [-0.05, 0) is 36.2 Å². The van der Waals surface area contributed by atoms with Crippen LogP contribution in [0.5, 0.6) is 0 Å². The van der Waals surface area contributed by atoms with Crippen molar-refractivity contribution >= 4 is 16.5 Å². The van der Waals surface area contributed by atoms with E-state index in [1.54, 1.807) is 29.3 Å². The van der Waals surface area contributed by atoms with E-state index in [4.69, 9.17) is 4.52 Å². The van der Waals surface area contributed by atoms with Gasteiger partial charge in [-0.2, -0.15) is 5.10 Å². The van der Waals surface area contributed by atoms with Crippen LogP contribution in [0.25, 0.3) is 16.5 Å². The summed E-state index contributed by atoms with van der Waals surface area (Å²) in [7, 11) is 0. The quantitative estimate of drug-likeness (QED) is 0.367. The Labute approximate surface area is 182 Å². The van der Waals surface area contributed by atoms with Gasteiger partial charge < -0.3 is 4.52 Å². The summed E-state index contributed by atoms with van der Waals surface area (Å²) in [5.41, 5.74) is 5.33. The van der Waals surface area contributed by atoms with E-state index in [9.17, 15) is 8.78 Å². The van der Waals surface area contributed by atoms with Gasteiger partial charge in [0, 0.05) is 30.5 Å². The highest BCUT2D eigenvalue weighted by molar-refractivity contribution is 5.86. The molecule has 0 radical (unpaired) electrons. The topological polar surface area (TPSA) is 56.2 Å². The Kier molecular flexibility index (Phi) is 4.71. The van der Waals surface area contributed by atoms with Gasteiger partial charge >= 0.3 is 0 Å². The second-order valence-electron chi connectivity index (χ2n) is 7.75. The fourth-order valence-corrected chi connectivity index (χ4v) is 3.65. The predicted octanol–water partition coefficient (Wildman–Crippen LogP) is 5.28. The number of benzene rings is 2. The lowest BCUT2D eigenvalue weighted by Gasteiger charge is -2.11. The van der Waals surface area contributed by atoms with E-state index < -0.39 is 5.92 Å². The van der Waals surface area contributed by atoms with Crippen molar-refractivity contribution in [3.8, 4) is 11.8 Å². The average Bonchev–Trinajstić information content (AvgIpc) is 3.37. The number of rotatable bonds is 3. The van der Waals surface area contributed by atoms with E-state index in [0.717, 1.165) is 40.1 Å². The van der Waals surface area contributed by atoms with Gasteiger partial charge in [0.2, 0.25) is 0 Å². The Morgan fingerprint density at radius 3 is 2.84 bits per heavy atom. The number of alkyl halides is 2. The van der Waals surface area contributed by atoms with Crippen LogP contribution in [-0.4, -0.2) is 19.8 Å². The molecule has 32 heavy (non-hydrogen) atoms. The van der Waals surface area contributed by atoms with Gasteiger partial charge in [-0.15, -0.1) is 0 Å². The second kappa shape index (κ2) is 7.57. The maximum atomic E-state index is 13.7. The number of fused-ring (bicyclic) bond motifs is 2. The van der Waals surface area contributed by atoms with Crippen LogP contribution in [-0.2, 0) is 12.3 Å². The molecule has 5 nitrogen and oxygen atoms in total. The average molecular weight is 428 g/mol. The summed E-state index contributed by atoms with van der Waals surface area (Å²) in [5, 5.41) is 9.29. The molecule has 0 spiro atoms. The maximum absolute atomic E-state index is 13.7. The number of halogens is 2. The molecule has 0 bridgehead atoms. The smallest absolute Gasteiger partial charge is 0.270 e. The molecule has 0 N–H and O–H groups in total. The van der Waals surface area contributed by atoms with Crippen molar-refractivity contribution in [2.24, 2.45) is 0 Å². The molecule has 0 aliphatic heterocycles. The molecule has 2 aromatic carbocycles. The van der Waals surface area contributed by atoms with E-state index >= 15 is 0 Å². The van der Waals surface area contributed by atoms with Crippen molar-refractivity contribution < 1.29 is 13.3 Å². The van der Waals surface area contributed by atoms with Crippen molar-refractivity contribution in [1.29, 1.82) is 0 Å². The van der Waals surface area contributed by atoms with Gasteiger partial charge in [0.1, 0.15) is 6.33 Å². The normalized spacial score (nSPS) is 11.6. The Morgan fingerprint density at radius 1 is 1.12 bits per heavy atom. The first-order chi connectivity index (χ1) is 15.4. The molecule has 158 valence electrons. The summed E-state index contributed by atoms with van der Waals surface area (Å²) < 4.78 is 34.7. The summed E-state index contributed by atoms with van der Waals surface area (Å²) in [6, 6.07) is 12.1. The molecule has 3 aromatic heterocycles. The van der Waals surface area contributed by atoms with Crippen LogP contribution in [0.2, 0.25) is 0 Å². The zero-order chi connectivity index (χ0) is 22.3. The van der Waals surface area contributed by atoms with Crippen molar-refractivity contribution in [3.63, 3.8) is 0 Å². The van der Waals surface area contributed by atoms with Crippen molar-refractivity contribution in [2.75, 3.05) is 0 Å². The Balaban J connectivity index is 1.53. The fourth-order valence-electron chi connectivity index (χ4n) is 3.65. The van der Waals surface area contributed by atoms with Crippen molar-refractivity contribution in [2.45, 2.75) is 26.2 Å². The molecule has 5 aromatic rings. The van der Waals surface area contributed by atoms with Crippen LogP contribution in [0, 0.1) is 18.8 Å². The minimum Gasteiger partial charge on any atom is -0.355 e. The third kappa shape index (κ3) is 3.60. The molecule has 0 saturated carbocycles. The Bertz CT molecular complexity index is 1520. The molecule has 0 aliphatic carbocycles. The molecule has 7 heteroatoms. The van der Waals surface area contributed by atoms with Crippen LogP contribution in [0.15, 0.2) is 65.7 Å². The van der Waals surface area contributed by atoms with Gasteiger partial charge in [-0.3, -0.25) is 0 Å². The molecule has 0 fully saturated rings. The summed E-state index contributed by atoms with van der Waals surface area (Å²) in [6.45, 7) is 2.85. The molecule has 3 heterocycles. The molecule has 0 amide bonds. The summed E-state index contributed by atoms with van der Waals surface area (Å²) in [6.07, 6.45) is 5.40. The van der Waals surface area contributed by atoms with Gasteiger partial charge in [0.05, 0.1) is 28.5 Å². The number of nitrogens with zero attached hydrogens (tertiary/aromatic N) is 4. The third-order valence-electron chi connectivity index (χ3n) is 5.38. The van der Waals surface area contributed by atoms with E-state index in [0.29, 0.717) is 17.7 Å². The molecule has 0 unspecified atom stereocenters. The molecule has 5 rings (SSSR count). The number of aromatic nitrogens is 4. The Morgan fingerprint density at radius 2 is 2.00 bits per heavy atom. The van der Waals surface area contributed by atoms with Gasteiger partial charge in [0.25, 0.3) is 5.92 Å². The SMILES string of the molecule is Cc1ccc2c(Cc3cccc(C(C)(F)F)c3)noc2c1C#Cc1cnn2cnccc12. The molecule has 0 atom stereocenters. The zero-order valence-electron chi connectivity index (χ0n) is 17.4. The highest BCUT2D eigenvalue weighted by Gasteiger charge is 2.24. The standard InChI is InChI=1S/C25H18F2N4O/c1-16-6-8-21-22(13-17-4-3-5-19(12-17)25(2,26)27)30-32-24(21)20(16)9-7-18-14-29-31-15-28-11-10-23(18)31/h3-6,8,10-12,14-15H,13H2,1-2H3. The number of hydrogen-bond donors (Lipinski definition) is 0. The van der Waals surface area contributed by atoms with Crippen molar-refractivity contribution in [3.05, 3.63) is 94.7 Å². The zero-order valence-corrected chi connectivity index (χ0v) is 17.4. The van der Waals surface area contributed by atoms with Gasteiger partial charge in [0.15, 0.2) is 5.58 Å². The van der Waals surface area contributed by atoms with E-state index in [-0.39, 0.29) is 5.56 Å². The Hall–Kier alpha value is -4.05.